The van der Waals surface area contributed by atoms with Gasteiger partial charge in [0, 0.05) is 0 Å². The smallest absolute Gasteiger partial charge is 0.234 e. The minimum absolute atomic E-state index is 0.0268. The van der Waals surface area contributed by atoms with Crippen LogP contribution in [0.4, 0.5) is 5.82 Å². The lowest BCUT2D eigenvalue weighted by molar-refractivity contribution is 0.0526. The van der Waals surface area contributed by atoms with Gasteiger partial charge in [-0.15, -0.1) is 0 Å². The Balaban J connectivity index is 1.65. The molecule has 1 aliphatic carbocycles. The molecular formula is C24H24N6O6S. The number of para-hydroxylation sites is 1. The van der Waals surface area contributed by atoms with Crippen molar-refractivity contribution in [2.45, 2.75) is 25.9 Å². The molecule has 13 heteroatoms. The van der Waals surface area contributed by atoms with Crippen molar-refractivity contribution in [1.29, 1.82) is 0 Å². The van der Waals surface area contributed by atoms with Gasteiger partial charge in [0.1, 0.15) is 17.2 Å². The summed E-state index contributed by atoms with van der Waals surface area (Å²) < 4.78 is 40.3. The van der Waals surface area contributed by atoms with E-state index < -0.39 is 16.1 Å². The highest BCUT2D eigenvalue weighted by molar-refractivity contribution is 7.92. The number of aliphatic imine (C=N–C) groups is 1. The van der Waals surface area contributed by atoms with E-state index in [9.17, 15) is 18.6 Å². The fourth-order valence-corrected chi connectivity index (χ4v) is 5.58. The molecule has 12 nitrogen and oxygen atoms in total. The Bertz CT molecular complexity index is 1610. The Morgan fingerprint density at radius 2 is 2.08 bits per heavy atom. The molecule has 1 fully saturated rings. The highest BCUT2D eigenvalue weighted by Gasteiger charge is 2.32. The van der Waals surface area contributed by atoms with E-state index in [0.29, 0.717) is 31.1 Å². The van der Waals surface area contributed by atoms with Crippen LogP contribution in [0.5, 0.6) is 11.5 Å². The number of fused-ring (bicyclic) bond motifs is 1. The molecule has 1 saturated carbocycles. The van der Waals surface area contributed by atoms with Crippen molar-refractivity contribution in [1.82, 2.24) is 19.5 Å². The molecule has 0 spiro atoms. The minimum Gasteiger partial charge on any atom is -0.506 e. The fourth-order valence-electron chi connectivity index (χ4n) is 4.18. The molecule has 3 heterocycles. The maximum Gasteiger partial charge on any atom is 0.234 e. The van der Waals surface area contributed by atoms with Gasteiger partial charge in [-0.3, -0.25) is 9.29 Å². The van der Waals surface area contributed by atoms with E-state index in [0.717, 1.165) is 0 Å². The average molecular weight is 525 g/mol. The van der Waals surface area contributed by atoms with Crippen LogP contribution in [0.3, 0.4) is 0 Å². The first-order chi connectivity index (χ1) is 17.8. The number of anilines is 1. The summed E-state index contributed by atoms with van der Waals surface area (Å²) in [6, 6.07) is 4.74. The number of aliphatic hydroxyl groups is 1. The van der Waals surface area contributed by atoms with Crippen LogP contribution in [0, 0.1) is 5.92 Å². The fraction of sp³-hybridized carbons (Fsp3) is 0.333. The highest BCUT2D eigenvalue weighted by Crippen LogP contribution is 2.37. The summed E-state index contributed by atoms with van der Waals surface area (Å²) in [5.74, 6) is 0.387. The second kappa shape index (κ2) is 9.72. The minimum atomic E-state index is -3.75. The number of rotatable bonds is 8. The Labute approximate surface area is 212 Å². The van der Waals surface area contributed by atoms with Crippen molar-refractivity contribution in [2.24, 2.45) is 10.9 Å². The van der Waals surface area contributed by atoms with Gasteiger partial charge in [-0.1, -0.05) is 11.8 Å². The third-order valence-corrected chi connectivity index (χ3v) is 7.26. The number of phenols is 1. The van der Waals surface area contributed by atoms with Crippen LogP contribution in [0.2, 0.25) is 0 Å². The van der Waals surface area contributed by atoms with Crippen molar-refractivity contribution < 1.29 is 28.1 Å². The summed E-state index contributed by atoms with van der Waals surface area (Å²) in [5, 5.41) is 20.3. The molecule has 1 aliphatic heterocycles. The molecule has 37 heavy (non-hydrogen) atoms. The third-order valence-electron chi connectivity index (χ3n) is 5.83. The summed E-state index contributed by atoms with van der Waals surface area (Å²) in [7, 11) is -2.30. The van der Waals surface area contributed by atoms with E-state index in [2.05, 4.69) is 36.1 Å². The van der Waals surface area contributed by atoms with Gasteiger partial charge in [0.15, 0.2) is 28.6 Å². The number of aliphatic hydroxyl groups excluding tert-OH is 1. The molecule has 2 aromatic heterocycles. The molecule has 0 bridgehead atoms. The lowest BCUT2D eigenvalue weighted by Crippen LogP contribution is -2.35. The molecule has 0 saturated heterocycles. The number of sulfonamides is 1. The largest absolute Gasteiger partial charge is 0.506 e. The normalized spacial score (nSPS) is 18.8. The van der Waals surface area contributed by atoms with Crippen LogP contribution < -0.4 is 9.46 Å². The Morgan fingerprint density at radius 3 is 2.81 bits per heavy atom. The molecule has 5 rings (SSSR count). The van der Waals surface area contributed by atoms with Gasteiger partial charge >= 0.3 is 0 Å². The van der Waals surface area contributed by atoms with Gasteiger partial charge in [0.25, 0.3) is 0 Å². The lowest BCUT2D eigenvalue weighted by Gasteiger charge is -2.30. The lowest BCUT2D eigenvalue weighted by atomic mass is 9.84. The molecule has 0 amide bonds. The predicted octanol–water partition coefficient (Wildman–Crippen LogP) is 2.14. The summed E-state index contributed by atoms with van der Waals surface area (Å²) in [6.07, 6.45) is 3.22. The number of ether oxygens (including phenoxy) is 2. The predicted molar refractivity (Wildman–Crippen MR) is 135 cm³/mol. The second-order valence-corrected chi connectivity index (χ2v) is 10.3. The van der Waals surface area contributed by atoms with Gasteiger partial charge in [-0.25, -0.2) is 28.4 Å². The van der Waals surface area contributed by atoms with Crippen LogP contribution in [-0.2, 0) is 14.8 Å². The van der Waals surface area contributed by atoms with Crippen molar-refractivity contribution in [3.8, 4) is 17.2 Å². The van der Waals surface area contributed by atoms with Crippen LogP contribution in [0.15, 0.2) is 46.9 Å². The number of nitrogens with zero attached hydrogens (tertiary/aromatic N) is 5. The summed E-state index contributed by atoms with van der Waals surface area (Å²) in [6.45, 7) is 2.21. The van der Waals surface area contributed by atoms with E-state index in [-0.39, 0.29) is 51.7 Å². The van der Waals surface area contributed by atoms with Gasteiger partial charge in [-0.2, -0.15) is 0 Å². The molecule has 1 aromatic carbocycles. The van der Waals surface area contributed by atoms with E-state index in [1.54, 1.807) is 12.1 Å². The first kappa shape index (κ1) is 24.5. The number of imidazole rings is 1. The summed E-state index contributed by atoms with van der Waals surface area (Å²) in [5.41, 5.74) is 6.49. The molecular weight excluding hydrogens is 500 g/mol. The number of methoxy groups -OCH3 is 1. The van der Waals surface area contributed by atoms with Crippen molar-refractivity contribution in [3.05, 3.63) is 47.8 Å². The molecule has 3 aromatic rings. The zero-order chi connectivity index (χ0) is 26.2. The van der Waals surface area contributed by atoms with Crippen molar-refractivity contribution >= 4 is 38.7 Å². The number of aromatic nitrogens is 4. The first-order valence-electron chi connectivity index (χ1n) is 11.5. The molecule has 2 aliphatic rings. The van der Waals surface area contributed by atoms with Gasteiger partial charge in [0.05, 0.1) is 37.8 Å². The number of aromatic hydroxyl groups is 1. The zero-order valence-electron chi connectivity index (χ0n) is 20.0. The Hall–Kier alpha value is -4.15. The van der Waals surface area contributed by atoms with Gasteiger partial charge in [0.2, 0.25) is 15.9 Å². The van der Waals surface area contributed by atoms with Crippen LogP contribution in [0.1, 0.15) is 25.6 Å². The van der Waals surface area contributed by atoms with Crippen LogP contribution >= 0.6 is 0 Å². The number of hydrogen-bond acceptors (Lipinski definition) is 10. The molecule has 0 radical (unpaired) electrons. The number of nitrogens with one attached hydrogen (secondary N) is 1. The summed E-state index contributed by atoms with van der Waals surface area (Å²) in [4.78, 5) is 17.7. The van der Waals surface area contributed by atoms with Gasteiger partial charge < -0.3 is 19.7 Å². The molecule has 0 atom stereocenters. The Morgan fingerprint density at radius 1 is 1.27 bits per heavy atom. The average Bonchev–Trinajstić information content (AvgIpc) is 3.21. The van der Waals surface area contributed by atoms with Crippen molar-refractivity contribution in [2.75, 3.05) is 24.2 Å². The Kier molecular flexibility index (Phi) is 6.45. The second-order valence-electron chi connectivity index (χ2n) is 8.52. The standard InChI is InChI=1S/C24H24N6O6S/c1-3-36-20-9-4-6-16(26-20)23-28-22-24(30(23)21-17(32)7-5-8-18(21)35-2)27-19(12-25-22)29-37(33,34)13-14-10-15(31)11-14/h5,7-9,12,14-15,31-32H,3,10-11,13H2,1-2H3,(H,27,29)/t14-,15+. The number of hydrogen-bond donors (Lipinski definition) is 3. The summed E-state index contributed by atoms with van der Waals surface area (Å²) >= 11 is 0. The molecule has 0 unspecified atom stereocenters. The topological polar surface area (TPSA) is 161 Å². The van der Waals surface area contributed by atoms with Crippen LogP contribution in [-0.4, -0.2) is 69.6 Å². The van der Waals surface area contributed by atoms with E-state index >= 15 is 0 Å². The maximum atomic E-state index is 12.7. The quantitative estimate of drug-likeness (QED) is 0.375. The van der Waals surface area contributed by atoms with E-state index in [4.69, 9.17) is 9.47 Å². The maximum absolute atomic E-state index is 12.7. The third kappa shape index (κ3) is 4.93. The molecule has 192 valence electrons. The number of benzene rings is 1. The van der Waals surface area contributed by atoms with Gasteiger partial charge in [-0.05, 0) is 43.5 Å². The van der Waals surface area contributed by atoms with Crippen molar-refractivity contribution in [3.63, 3.8) is 0 Å². The first-order valence-corrected chi connectivity index (χ1v) is 13.2. The highest BCUT2D eigenvalue weighted by atomic mass is 32.2. The van der Waals surface area contributed by atoms with E-state index in [1.165, 1.54) is 30.0 Å². The molecule has 3 N–H and O–H groups in total. The zero-order valence-corrected chi connectivity index (χ0v) is 20.9. The SMILES string of the molecule is CCOC1=NC(c2nc3ncc(NS(=O)(=O)C[C@H]4C[C@@H](O)C4)nc3n2-c2c(O)cccc2OC)=C=C=C1. The monoisotopic (exact) mass is 524 g/mol. The number of phenolic OH excluding ortho intramolecular Hbond substituents is 1. The van der Waals surface area contributed by atoms with Crippen LogP contribution in [0.25, 0.3) is 22.7 Å². The van der Waals surface area contributed by atoms with E-state index in [1.807, 2.05) is 6.92 Å².